The molecule has 2 aromatic carbocycles. The van der Waals surface area contributed by atoms with Crippen molar-refractivity contribution in [2.75, 3.05) is 44.7 Å². The quantitative estimate of drug-likeness (QED) is 0.713. The number of benzene rings is 2. The Kier molecular flexibility index (Phi) is 5.30. The van der Waals surface area contributed by atoms with Crippen LogP contribution in [0.1, 0.15) is 12.0 Å². The van der Waals surface area contributed by atoms with Crippen LogP contribution in [0.5, 0.6) is 5.75 Å². The van der Waals surface area contributed by atoms with E-state index in [9.17, 15) is 4.39 Å². The molecule has 2 heterocycles. The Labute approximate surface area is 159 Å². The number of aryl methyl sites for hydroxylation is 1. The third-order valence-electron chi connectivity index (χ3n) is 5.46. The number of methoxy groups -OCH3 is 1. The van der Waals surface area contributed by atoms with Crippen molar-refractivity contribution in [1.29, 1.82) is 0 Å². The number of piperazine rings is 1. The lowest BCUT2D eigenvalue weighted by atomic mass is 10.1. The van der Waals surface area contributed by atoms with Crippen molar-refractivity contribution in [3.05, 3.63) is 60.0 Å². The smallest absolute Gasteiger partial charge is 0.123 e. The molecule has 3 aromatic rings. The molecule has 1 aliphatic heterocycles. The molecule has 1 aromatic heterocycles. The van der Waals surface area contributed by atoms with E-state index in [1.54, 1.807) is 13.2 Å². The first-order chi connectivity index (χ1) is 13.2. The van der Waals surface area contributed by atoms with Gasteiger partial charge in [-0.1, -0.05) is 0 Å². The van der Waals surface area contributed by atoms with Crippen LogP contribution in [0.2, 0.25) is 0 Å². The Morgan fingerprint density at radius 1 is 1.04 bits per heavy atom. The Morgan fingerprint density at radius 3 is 2.56 bits per heavy atom. The van der Waals surface area contributed by atoms with Gasteiger partial charge >= 0.3 is 0 Å². The Hall–Kier alpha value is -2.53. The maximum atomic E-state index is 13.5. The van der Waals surface area contributed by atoms with Crippen molar-refractivity contribution in [2.24, 2.45) is 0 Å². The van der Waals surface area contributed by atoms with Crippen LogP contribution < -0.4 is 9.64 Å². The number of aromatic amines is 1. The lowest BCUT2D eigenvalue weighted by molar-refractivity contribution is 0.255. The van der Waals surface area contributed by atoms with Gasteiger partial charge in [-0.2, -0.15) is 0 Å². The molecular formula is C22H26FN3O. The first-order valence-electron chi connectivity index (χ1n) is 9.60. The molecule has 4 nitrogen and oxygen atoms in total. The monoisotopic (exact) mass is 367 g/mol. The van der Waals surface area contributed by atoms with E-state index in [1.807, 2.05) is 24.4 Å². The second kappa shape index (κ2) is 8.01. The Bertz CT molecular complexity index is 882. The predicted molar refractivity (Wildman–Crippen MR) is 108 cm³/mol. The van der Waals surface area contributed by atoms with Crippen LogP contribution in [0.3, 0.4) is 0 Å². The van der Waals surface area contributed by atoms with Gasteiger partial charge in [-0.05, 0) is 67.4 Å². The van der Waals surface area contributed by atoms with Gasteiger partial charge in [-0.3, -0.25) is 4.90 Å². The number of rotatable bonds is 6. The number of nitrogens with zero attached hydrogens (tertiary/aromatic N) is 2. The van der Waals surface area contributed by atoms with Gasteiger partial charge in [-0.15, -0.1) is 0 Å². The zero-order valence-corrected chi connectivity index (χ0v) is 15.7. The third kappa shape index (κ3) is 4.08. The molecule has 142 valence electrons. The summed E-state index contributed by atoms with van der Waals surface area (Å²) in [4.78, 5) is 8.19. The van der Waals surface area contributed by atoms with Gasteiger partial charge in [0, 0.05) is 49.0 Å². The molecule has 0 atom stereocenters. The summed E-state index contributed by atoms with van der Waals surface area (Å²) >= 11 is 0. The van der Waals surface area contributed by atoms with Gasteiger partial charge < -0.3 is 14.6 Å². The average Bonchev–Trinajstić information content (AvgIpc) is 3.11. The van der Waals surface area contributed by atoms with E-state index in [2.05, 4.69) is 26.9 Å². The molecule has 0 bridgehead atoms. The number of nitrogens with one attached hydrogen (secondary N) is 1. The fourth-order valence-electron chi connectivity index (χ4n) is 3.87. The molecule has 4 rings (SSSR count). The summed E-state index contributed by atoms with van der Waals surface area (Å²) in [6.07, 6.45) is 4.08. The molecule has 0 aliphatic carbocycles. The highest BCUT2D eigenvalue weighted by atomic mass is 19.1. The highest BCUT2D eigenvalue weighted by Gasteiger charge is 2.17. The van der Waals surface area contributed by atoms with Crippen LogP contribution in [0, 0.1) is 5.82 Å². The van der Waals surface area contributed by atoms with E-state index in [4.69, 9.17) is 4.74 Å². The molecule has 0 amide bonds. The molecule has 27 heavy (non-hydrogen) atoms. The fraction of sp³-hybridized carbons (Fsp3) is 0.364. The highest BCUT2D eigenvalue weighted by Crippen LogP contribution is 2.22. The largest absolute Gasteiger partial charge is 0.497 e. The van der Waals surface area contributed by atoms with Crippen molar-refractivity contribution in [1.82, 2.24) is 9.88 Å². The number of aromatic nitrogens is 1. The lowest BCUT2D eigenvalue weighted by Crippen LogP contribution is -2.46. The van der Waals surface area contributed by atoms with Crippen molar-refractivity contribution in [2.45, 2.75) is 12.8 Å². The van der Waals surface area contributed by atoms with E-state index >= 15 is 0 Å². The summed E-state index contributed by atoms with van der Waals surface area (Å²) in [5, 5.41) is 1.01. The third-order valence-corrected chi connectivity index (χ3v) is 5.46. The van der Waals surface area contributed by atoms with Gasteiger partial charge in [0.25, 0.3) is 0 Å². The number of ether oxygens (including phenoxy) is 1. The first kappa shape index (κ1) is 17.9. The van der Waals surface area contributed by atoms with E-state index in [0.717, 1.165) is 62.2 Å². The maximum absolute atomic E-state index is 13.5. The Balaban J connectivity index is 1.26. The van der Waals surface area contributed by atoms with Crippen LogP contribution >= 0.6 is 0 Å². The van der Waals surface area contributed by atoms with Crippen LogP contribution in [0.25, 0.3) is 10.9 Å². The summed E-state index contributed by atoms with van der Waals surface area (Å²) in [6.45, 7) is 5.33. The van der Waals surface area contributed by atoms with Crippen molar-refractivity contribution >= 4 is 16.6 Å². The van der Waals surface area contributed by atoms with E-state index in [1.165, 1.54) is 17.3 Å². The second-order valence-electron chi connectivity index (χ2n) is 7.13. The van der Waals surface area contributed by atoms with E-state index in [0.29, 0.717) is 0 Å². The molecule has 0 saturated carbocycles. The summed E-state index contributed by atoms with van der Waals surface area (Å²) in [5.74, 6) is 0.729. The summed E-state index contributed by atoms with van der Waals surface area (Å²) in [7, 11) is 1.69. The predicted octanol–water partition coefficient (Wildman–Crippen LogP) is 4.07. The summed E-state index contributed by atoms with van der Waals surface area (Å²) in [6, 6.07) is 13.2. The van der Waals surface area contributed by atoms with Crippen molar-refractivity contribution < 1.29 is 9.13 Å². The molecule has 1 saturated heterocycles. The molecular weight excluding hydrogens is 341 g/mol. The molecule has 1 aliphatic rings. The molecule has 1 N–H and O–H groups in total. The zero-order valence-electron chi connectivity index (χ0n) is 15.7. The van der Waals surface area contributed by atoms with Gasteiger partial charge in [0.2, 0.25) is 0 Å². The minimum Gasteiger partial charge on any atom is -0.497 e. The normalized spacial score (nSPS) is 15.4. The topological polar surface area (TPSA) is 31.5 Å². The van der Waals surface area contributed by atoms with Crippen LogP contribution in [-0.4, -0.2) is 49.7 Å². The van der Waals surface area contributed by atoms with E-state index in [-0.39, 0.29) is 5.82 Å². The second-order valence-corrected chi connectivity index (χ2v) is 7.13. The fourth-order valence-corrected chi connectivity index (χ4v) is 3.87. The number of hydrogen-bond donors (Lipinski definition) is 1. The van der Waals surface area contributed by atoms with Gasteiger partial charge in [0.1, 0.15) is 11.6 Å². The highest BCUT2D eigenvalue weighted by molar-refractivity contribution is 5.83. The average molecular weight is 367 g/mol. The SMILES string of the molecule is COc1ccc(N2CCN(CCCc3c[nH]c4ccc(F)cc34)CC2)cc1. The molecule has 0 radical (unpaired) electrons. The number of H-pyrrole nitrogens is 1. The summed E-state index contributed by atoms with van der Waals surface area (Å²) in [5.41, 5.74) is 3.48. The van der Waals surface area contributed by atoms with Crippen molar-refractivity contribution in [3.63, 3.8) is 0 Å². The molecule has 5 heteroatoms. The standard InChI is InChI=1S/C22H26FN3O/c1-27-20-7-5-19(6-8-20)26-13-11-25(12-14-26)10-2-3-17-16-24-22-9-4-18(23)15-21(17)22/h4-9,15-16,24H,2-3,10-14H2,1H3. The van der Waals surface area contributed by atoms with Gasteiger partial charge in [0.05, 0.1) is 7.11 Å². The summed E-state index contributed by atoms with van der Waals surface area (Å²) < 4.78 is 18.7. The minimum atomic E-state index is -0.169. The number of anilines is 1. The van der Waals surface area contributed by atoms with E-state index < -0.39 is 0 Å². The van der Waals surface area contributed by atoms with Gasteiger partial charge in [-0.25, -0.2) is 4.39 Å². The minimum absolute atomic E-state index is 0.169. The van der Waals surface area contributed by atoms with Crippen LogP contribution in [0.15, 0.2) is 48.7 Å². The maximum Gasteiger partial charge on any atom is 0.123 e. The molecule has 0 unspecified atom stereocenters. The molecule has 1 fully saturated rings. The lowest BCUT2D eigenvalue weighted by Gasteiger charge is -2.36. The number of fused-ring (bicyclic) bond motifs is 1. The Morgan fingerprint density at radius 2 is 1.81 bits per heavy atom. The number of halogens is 1. The molecule has 0 spiro atoms. The van der Waals surface area contributed by atoms with Crippen molar-refractivity contribution in [3.8, 4) is 5.75 Å². The zero-order chi connectivity index (χ0) is 18.6. The van der Waals surface area contributed by atoms with Crippen LogP contribution in [-0.2, 0) is 6.42 Å². The number of hydrogen-bond acceptors (Lipinski definition) is 3. The first-order valence-corrected chi connectivity index (χ1v) is 9.60. The van der Waals surface area contributed by atoms with Crippen LogP contribution in [0.4, 0.5) is 10.1 Å². The van der Waals surface area contributed by atoms with Gasteiger partial charge in [0.15, 0.2) is 0 Å².